The second-order valence-corrected chi connectivity index (χ2v) is 7.00. The van der Waals surface area contributed by atoms with Crippen molar-refractivity contribution in [2.24, 2.45) is 0 Å². The summed E-state index contributed by atoms with van der Waals surface area (Å²) in [6.07, 6.45) is 0.826. The molecule has 3 heterocycles. The number of aromatic nitrogens is 1. The number of carbonyl (C=O) groups is 1. The highest BCUT2D eigenvalue weighted by atomic mass is 35.5. The molecule has 1 spiro atoms. The lowest BCUT2D eigenvalue weighted by Gasteiger charge is -2.34. The van der Waals surface area contributed by atoms with Crippen LogP contribution in [0.5, 0.6) is 0 Å². The van der Waals surface area contributed by atoms with Crippen molar-refractivity contribution in [3.63, 3.8) is 0 Å². The first-order valence-corrected chi connectivity index (χ1v) is 8.53. The minimum atomic E-state index is -1.01. The molecule has 0 saturated heterocycles. The second kappa shape index (κ2) is 4.76. The molecule has 2 aromatic carbocycles. The largest absolute Gasteiger partial charge is 0.358 e. The van der Waals surface area contributed by atoms with E-state index >= 15 is 0 Å². The summed E-state index contributed by atoms with van der Waals surface area (Å²) in [4.78, 5) is 16.6. The van der Waals surface area contributed by atoms with Crippen molar-refractivity contribution in [1.82, 2.24) is 10.3 Å². The minimum Gasteiger partial charge on any atom is -0.358 e. The molecule has 1 atom stereocenters. The monoisotopic (exact) mass is 357 g/mol. The smallest absolute Gasteiger partial charge is 0.254 e. The van der Waals surface area contributed by atoms with Gasteiger partial charge >= 0.3 is 0 Å². The summed E-state index contributed by atoms with van der Waals surface area (Å²) in [6.45, 7) is 0.676. The van der Waals surface area contributed by atoms with Crippen molar-refractivity contribution < 1.29 is 4.79 Å². The maximum atomic E-state index is 13.1. The number of hydrogen-bond donors (Lipinski definition) is 3. The van der Waals surface area contributed by atoms with Crippen LogP contribution in [0.25, 0.3) is 10.9 Å². The number of fused-ring (bicyclic) bond motifs is 6. The molecule has 6 heteroatoms. The molecule has 1 unspecified atom stereocenters. The van der Waals surface area contributed by atoms with Crippen LogP contribution in [0.1, 0.15) is 16.8 Å². The van der Waals surface area contributed by atoms with E-state index in [1.165, 1.54) is 0 Å². The van der Waals surface area contributed by atoms with E-state index in [4.69, 9.17) is 23.2 Å². The Morgan fingerprint density at radius 1 is 1.00 bits per heavy atom. The average molecular weight is 358 g/mol. The highest BCUT2D eigenvalue weighted by molar-refractivity contribution is 6.38. The predicted molar refractivity (Wildman–Crippen MR) is 95.9 cm³/mol. The van der Waals surface area contributed by atoms with Crippen LogP contribution in [0.4, 0.5) is 5.69 Å². The van der Waals surface area contributed by atoms with Gasteiger partial charge in [0.25, 0.3) is 5.91 Å². The molecular formula is C18H13Cl2N3O. The molecule has 2 aliphatic heterocycles. The first-order valence-electron chi connectivity index (χ1n) is 7.78. The fraction of sp³-hybridized carbons (Fsp3) is 0.167. The average Bonchev–Trinajstić information content (AvgIpc) is 3.09. The SMILES string of the molecule is O=C1Nc2c(Cl)ccc(Cl)c2C12NCCc1[nH]c3ccccc3c12. The predicted octanol–water partition coefficient (Wildman–Crippen LogP) is 3.82. The van der Waals surface area contributed by atoms with E-state index in [2.05, 4.69) is 15.6 Å². The number of hydrogen-bond acceptors (Lipinski definition) is 2. The third kappa shape index (κ3) is 1.61. The van der Waals surface area contributed by atoms with E-state index in [9.17, 15) is 4.79 Å². The number of benzene rings is 2. The Morgan fingerprint density at radius 3 is 2.67 bits per heavy atom. The van der Waals surface area contributed by atoms with Gasteiger partial charge in [-0.25, -0.2) is 0 Å². The molecule has 4 nitrogen and oxygen atoms in total. The quantitative estimate of drug-likeness (QED) is 0.572. The third-order valence-electron chi connectivity index (χ3n) is 4.98. The molecular weight excluding hydrogens is 345 g/mol. The number of amides is 1. The van der Waals surface area contributed by atoms with Crippen molar-refractivity contribution >= 4 is 45.7 Å². The van der Waals surface area contributed by atoms with Gasteiger partial charge in [-0.2, -0.15) is 0 Å². The normalized spacial score (nSPS) is 21.8. The van der Waals surface area contributed by atoms with Gasteiger partial charge in [0.1, 0.15) is 0 Å². The van der Waals surface area contributed by atoms with E-state index in [-0.39, 0.29) is 5.91 Å². The molecule has 3 N–H and O–H groups in total. The van der Waals surface area contributed by atoms with Gasteiger partial charge in [0, 0.05) is 45.7 Å². The standard InChI is InChI=1S/C18H13Cl2N3O/c19-10-5-6-11(20)16-15(10)18(17(24)23-16)14-9-3-1-2-4-12(9)22-13(14)7-8-21-18/h1-6,21-22H,7-8H2,(H,23,24). The van der Waals surface area contributed by atoms with Crippen molar-refractivity contribution in [3.05, 3.63) is 63.3 Å². The Balaban J connectivity index is 1.93. The Hall–Kier alpha value is -2.01. The van der Waals surface area contributed by atoms with Crippen LogP contribution in [0.15, 0.2) is 36.4 Å². The zero-order valence-electron chi connectivity index (χ0n) is 12.5. The van der Waals surface area contributed by atoms with Crippen LogP contribution >= 0.6 is 23.2 Å². The number of halogens is 2. The molecule has 1 aromatic heterocycles. The maximum Gasteiger partial charge on any atom is 0.254 e. The first-order chi connectivity index (χ1) is 11.6. The molecule has 5 rings (SSSR count). The Bertz CT molecular complexity index is 1030. The number of rotatable bonds is 0. The fourth-order valence-corrected chi connectivity index (χ4v) is 4.55. The summed E-state index contributed by atoms with van der Waals surface area (Å²) in [7, 11) is 0. The highest BCUT2D eigenvalue weighted by Crippen LogP contribution is 2.51. The van der Waals surface area contributed by atoms with Gasteiger partial charge in [-0.1, -0.05) is 41.4 Å². The lowest BCUT2D eigenvalue weighted by Crippen LogP contribution is -2.52. The van der Waals surface area contributed by atoms with Crippen LogP contribution in [0.2, 0.25) is 10.0 Å². The van der Waals surface area contributed by atoms with Crippen LogP contribution in [-0.4, -0.2) is 17.4 Å². The topological polar surface area (TPSA) is 56.9 Å². The number of aromatic amines is 1. The van der Waals surface area contributed by atoms with Crippen LogP contribution < -0.4 is 10.6 Å². The minimum absolute atomic E-state index is 0.141. The van der Waals surface area contributed by atoms with Gasteiger partial charge in [0.2, 0.25) is 0 Å². The molecule has 0 bridgehead atoms. The van der Waals surface area contributed by atoms with Crippen LogP contribution in [0.3, 0.4) is 0 Å². The second-order valence-electron chi connectivity index (χ2n) is 6.18. The molecule has 120 valence electrons. The molecule has 2 aliphatic rings. The molecule has 0 fully saturated rings. The summed E-state index contributed by atoms with van der Waals surface area (Å²) < 4.78 is 0. The summed E-state index contributed by atoms with van der Waals surface area (Å²) in [5.41, 5.74) is 3.33. The maximum absolute atomic E-state index is 13.1. The molecule has 3 aromatic rings. The van der Waals surface area contributed by atoms with Gasteiger partial charge in [-0.15, -0.1) is 0 Å². The van der Waals surface area contributed by atoms with Gasteiger partial charge in [0.15, 0.2) is 5.54 Å². The summed E-state index contributed by atoms with van der Waals surface area (Å²) >= 11 is 12.8. The Labute approximate surface area is 148 Å². The lowest BCUT2D eigenvalue weighted by molar-refractivity contribution is -0.120. The first kappa shape index (κ1) is 14.3. The van der Waals surface area contributed by atoms with Gasteiger partial charge in [-0.05, 0) is 18.2 Å². The van der Waals surface area contributed by atoms with E-state index < -0.39 is 5.54 Å². The molecule has 24 heavy (non-hydrogen) atoms. The number of anilines is 1. The Morgan fingerprint density at radius 2 is 1.79 bits per heavy atom. The summed E-state index contributed by atoms with van der Waals surface area (Å²) in [6, 6.07) is 11.5. The summed E-state index contributed by atoms with van der Waals surface area (Å²) in [5, 5.41) is 8.41. The van der Waals surface area contributed by atoms with Crippen LogP contribution in [-0.2, 0) is 16.8 Å². The van der Waals surface area contributed by atoms with Gasteiger partial charge < -0.3 is 10.3 Å². The molecule has 1 amide bonds. The summed E-state index contributed by atoms with van der Waals surface area (Å²) in [5.74, 6) is -0.141. The number of carbonyl (C=O) groups excluding carboxylic acids is 1. The van der Waals surface area contributed by atoms with Gasteiger partial charge in [-0.3, -0.25) is 10.1 Å². The molecule has 0 radical (unpaired) electrons. The van der Waals surface area contributed by atoms with E-state index in [0.29, 0.717) is 27.8 Å². The molecule has 0 saturated carbocycles. The van der Waals surface area contributed by atoms with E-state index in [1.807, 2.05) is 24.3 Å². The van der Waals surface area contributed by atoms with Crippen molar-refractivity contribution in [3.8, 4) is 0 Å². The number of nitrogens with one attached hydrogen (secondary N) is 3. The van der Waals surface area contributed by atoms with Crippen LogP contribution in [0, 0.1) is 0 Å². The van der Waals surface area contributed by atoms with E-state index in [1.54, 1.807) is 12.1 Å². The Kier molecular flexibility index (Phi) is 2.84. The van der Waals surface area contributed by atoms with Gasteiger partial charge in [0.05, 0.1) is 10.7 Å². The highest BCUT2D eigenvalue weighted by Gasteiger charge is 2.53. The zero-order chi connectivity index (χ0) is 16.5. The zero-order valence-corrected chi connectivity index (χ0v) is 14.1. The lowest BCUT2D eigenvalue weighted by atomic mass is 9.79. The van der Waals surface area contributed by atoms with Crippen molar-refractivity contribution in [2.45, 2.75) is 12.0 Å². The molecule has 0 aliphatic carbocycles. The van der Waals surface area contributed by atoms with Crippen molar-refractivity contribution in [2.75, 3.05) is 11.9 Å². The fourth-order valence-electron chi connectivity index (χ4n) is 4.05. The third-order valence-corrected chi connectivity index (χ3v) is 5.61. The van der Waals surface area contributed by atoms with E-state index in [0.717, 1.165) is 28.6 Å². The number of H-pyrrole nitrogens is 1. The van der Waals surface area contributed by atoms with Crippen molar-refractivity contribution in [1.29, 1.82) is 0 Å². The number of para-hydroxylation sites is 1.